The van der Waals surface area contributed by atoms with Crippen LogP contribution in [0.2, 0.25) is 0 Å². The first-order chi connectivity index (χ1) is 8.06. The van der Waals surface area contributed by atoms with Gasteiger partial charge in [0.1, 0.15) is 0 Å². The van der Waals surface area contributed by atoms with Crippen LogP contribution in [-0.2, 0) is 0 Å². The molecule has 0 fully saturated rings. The van der Waals surface area contributed by atoms with Crippen LogP contribution in [0.4, 0.5) is 0 Å². The number of hydrogen-bond donors (Lipinski definition) is 2. The van der Waals surface area contributed by atoms with Crippen molar-refractivity contribution in [2.24, 2.45) is 0 Å². The van der Waals surface area contributed by atoms with E-state index in [9.17, 15) is 0 Å². The van der Waals surface area contributed by atoms with E-state index in [2.05, 4.69) is 55.5 Å². The first kappa shape index (κ1) is 16.8. The molecule has 0 bridgehead atoms. The van der Waals surface area contributed by atoms with Gasteiger partial charge < -0.3 is 20.4 Å². The molecule has 2 N–H and O–H groups in total. The average molecular weight is 243 g/mol. The number of rotatable bonds is 11. The van der Waals surface area contributed by atoms with Crippen molar-refractivity contribution in [1.29, 1.82) is 0 Å². The smallest absolute Gasteiger partial charge is 0.0571 e. The Kier molecular flexibility index (Phi) is 10.9. The fraction of sp³-hybridized carbons (Fsp3) is 0.923. The number of hydrogen-bond acceptors (Lipinski definition) is 4. The van der Waals surface area contributed by atoms with E-state index in [1.165, 1.54) is 12.8 Å². The molecule has 0 aromatic carbocycles. The summed E-state index contributed by atoms with van der Waals surface area (Å²) >= 11 is 0. The minimum absolute atomic E-state index is 0.360. The Labute approximate surface area is 108 Å². The Hall–Kier alpha value is -0.160. The van der Waals surface area contributed by atoms with Gasteiger partial charge in [0.15, 0.2) is 0 Å². The Morgan fingerprint density at radius 2 is 1.29 bits per heavy atom. The highest BCUT2D eigenvalue weighted by Crippen LogP contribution is 1.89. The van der Waals surface area contributed by atoms with Crippen LogP contribution < -0.4 is 10.6 Å². The van der Waals surface area contributed by atoms with Gasteiger partial charge in [-0.15, -0.1) is 0 Å². The molecule has 17 heavy (non-hydrogen) atoms. The van der Waals surface area contributed by atoms with Crippen molar-refractivity contribution in [2.75, 3.05) is 54.4 Å². The predicted octanol–water partition coefficient (Wildman–Crippen LogP) is 0.619. The van der Waals surface area contributed by atoms with Crippen LogP contribution in [0.15, 0.2) is 0 Å². The zero-order valence-electron chi connectivity index (χ0n) is 12.1. The summed E-state index contributed by atoms with van der Waals surface area (Å²) in [6, 6.07) is 0. The van der Waals surface area contributed by atoms with E-state index < -0.39 is 0 Å². The fourth-order valence-corrected chi connectivity index (χ4v) is 1.62. The van der Waals surface area contributed by atoms with Crippen LogP contribution in [0.1, 0.15) is 19.3 Å². The normalized spacial score (nSPS) is 12.0. The van der Waals surface area contributed by atoms with Crippen molar-refractivity contribution < 1.29 is 0 Å². The molecule has 0 saturated carbocycles. The van der Waals surface area contributed by atoms with Crippen LogP contribution >= 0.6 is 0 Å². The monoisotopic (exact) mass is 243 g/mol. The molecule has 4 heteroatoms. The third-order valence-corrected chi connectivity index (χ3v) is 2.63. The van der Waals surface area contributed by atoms with E-state index in [0.717, 1.165) is 32.6 Å². The summed E-state index contributed by atoms with van der Waals surface area (Å²) < 4.78 is 0. The van der Waals surface area contributed by atoms with Gasteiger partial charge in [-0.2, -0.15) is 0 Å². The molecule has 0 aliphatic rings. The summed E-state index contributed by atoms with van der Waals surface area (Å²) in [7, 11) is 8.44. The Bertz CT molecular complexity index is 143. The molecule has 0 saturated heterocycles. The first-order valence-corrected chi connectivity index (χ1v) is 6.61. The van der Waals surface area contributed by atoms with Gasteiger partial charge in [0, 0.05) is 0 Å². The van der Waals surface area contributed by atoms with Gasteiger partial charge in [0.05, 0.1) is 6.17 Å². The average Bonchev–Trinajstić information content (AvgIpc) is 2.26. The van der Waals surface area contributed by atoms with Crippen LogP contribution in [0, 0.1) is 6.92 Å². The lowest BCUT2D eigenvalue weighted by Gasteiger charge is -2.20. The highest BCUT2D eigenvalue weighted by Gasteiger charge is 2.03. The second-order valence-electron chi connectivity index (χ2n) is 5.06. The molecule has 0 aromatic rings. The van der Waals surface area contributed by atoms with Crippen molar-refractivity contribution in [3.8, 4) is 0 Å². The maximum absolute atomic E-state index is 3.97. The molecule has 0 aliphatic heterocycles. The van der Waals surface area contributed by atoms with Gasteiger partial charge >= 0.3 is 0 Å². The zero-order valence-corrected chi connectivity index (χ0v) is 12.1. The highest BCUT2D eigenvalue weighted by atomic mass is 15.1. The van der Waals surface area contributed by atoms with E-state index >= 15 is 0 Å². The van der Waals surface area contributed by atoms with Crippen molar-refractivity contribution in [2.45, 2.75) is 25.4 Å². The summed E-state index contributed by atoms with van der Waals surface area (Å²) in [5, 5.41) is 7.00. The van der Waals surface area contributed by atoms with Gasteiger partial charge in [0.2, 0.25) is 0 Å². The molecule has 0 spiro atoms. The van der Waals surface area contributed by atoms with E-state index in [0.29, 0.717) is 6.17 Å². The third kappa shape index (κ3) is 12.1. The first-order valence-electron chi connectivity index (χ1n) is 6.61. The molecule has 103 valence electrons. The van der Waals surface area contributed by atoms with Crippen LogP contribution in [0.3, 0.4) is 0 Å². The summed E-state index contributed by atoms with van der Waals surface area (Å²) in [6.07, 6.45) is 3.62. The van der Waals surface area contributed by atoms with Crippen molar-refractivity contribution in [1.82, 2.24) is 20.4 Å². The highest BCUT2D eigenvalue weighted by molar-refractivity contribution is 4.66. The Morgan fingerprint density at radius 1 is 0.882 bits per heavy atom. The third-order valence-electron chi connectivity index (χ3n) is 2.63. The largest absolute Gasteiger partial charge is 0.309 e. The molecule has 0 heterocycles. The summed E-state index contributed by atoms with van der Waals surface area (Å²) in [5.74, 6) is 0. The molecule has 0 rings (SSSR count). The standard InChI is InChI=1S/C13H31N4/c1-6-13(14-9-7-11-16(2)3)15-10-8-12-17(4)5/h13-15H,1,6-12H2,2-5H3. The van der Waals surface area contributed by atoms with Crippen molar-refractivity contribution in [3.63, 3.8) is 0 Å². The second-order valence-corrected chi connectivity index (χ2v) is 5.06. The quantitative estimate of drug-likeness (QED) is 0.411. The lowest BCUT2D eigenvalue weighted by Crippen LogP contribution is -2.43. The van der Waals surface area contributed by atoms with Gasteiger partial charge in [-0.1, -0.05) is 6.92 Å². The molecule has 0 aromatic heterocycles. The maximum atomic E-state index is 3.97. The van der Waals surface area contributed by atoms with Gasteiger partial charge in [0.25, 0.3) is 0 Å². The van der Waals surface area contributed by atoms with E-state index in [4.69, 9.17) is 0 Å². The number of nitrogens with zero attached hydrogens (tertiary/aromatic N) is 2. The fourth-order valence-electron chi connectivity index (χ4n) is 1.62. The van der Waals surface area contributed by atoms with E-state index in [1.807, 2.05) is 0 Å². The molecule has 0 amide bonds. The van der Waals surface area contributed by atoms with Gasteiger partial charge in [-0.05, 0) is 73.6 Å². The lowest BCUT2D eigenvalue weighted by molar-refractivity contribution is 0.355. The predicted molar refractivity (Wildman–Crippen MR) is 76.1 cm³/mol. The Morgan fingerprint density at radius 3 is 1.59 bits per heavy atom. The zero-order chi connectivity index (χ0) is 13.1. The second kappa shape index (κ2) is 11.0. The lowest BCUT2D eigenvalue weighted by atomic mass is 10.3. The minimum Gasteiger partial charge on any atom is -0.309 e. The molecular weight excluding hydrogens is 212 g/mol. The SMILES string of the molecule is [CH2]CC(NCCCN(C)C)NCCCN(C)C. The van der Waals surface area contributed by atoms with Crippen LogP contribution in [-0.4, -0.2) is 70.3 Å². The minimum atomic E-state index is 0.360. The van der Waals surface area contributed by atoms with Crippen LogP contribution in [0.25, 0.3) is 0 Å². The summed E-state index contributed by atoms with van der Waals surface area (Å²) in [6.45, 7) is 8.35. The van der Waals surface area contributed by atoms with E-state index in [-0.39, 0.29) is 0 Å². The topological polar surface area (TPSA) is 30.5 Å². The Balaban J connectivity index is 3.42. The molecule has 0 unspecified atom stereocenters. The van der Waals surface area contributed by atoms with Crippen molar-refractivity contribution >= 4 is 0 Å². The van der Waals surface area contributed by atoms with E-state index in [1.54, 1.807) is 0 Å². The molecule has 1 radical (unpaired) electrons. The maximum Gasteiger partial charge on any atom is 0.0571 e. The van der Waals surface area contributed by atoms with Crippen LogP contribution in [0.5, 0.6) is 0 Å². The summed E-state index contributed by atoms with van der Waals surface area (Å²) in [4.78, 5) is 4.43. The molecule has 0 atom stereocenters. The molecular formula is C13H31N4. The summed E-state index contributed by atoms with van der Waals surface area (Å²) in [5.41, 5.74) is 0. The number of nitrogens with one attached hydrogen (secondary N) is 2. The molecule has 0 aliphatic carbocycles. The molecule has 4 nitrogen and oxygen atoms in total. The van der Waals surface area contributed by atoms with Crippen molar-refractivity contribution in [3.05, 3.63) is 6.92 Å². The van der Waals surface area contributed by atoms with Gasteiger partial charge in [-0.25, -0.2) is 0 Å². The van der Waals surface area contributed by atoms with Gasteiger partial charge in [-0.3, -0.25) is 0 Å².